The van der Waals surface area contributed by atoms with Crippen molar-refractivity contribution in [3.05, 3.63) is 71.5 Å². The Hall–Kier alpha value is -3.50. The summed E-state index contributed by atoms with van der Waals surface area (Å²) in [7, 11) is -3.98. The predicted molar refractivity (Wildman–Crippen MR) is 101 cm³/mol. The number of carboxylic acids is 1. The quantitative estimate of drug-likeness (QED) is 0.595. The Kier molecular flexibility index (Phi) is 4.99. The molecule has 0 spiro atoms. The van der Waals surface area contributed by atoms with Crippen LogP contribution in [0.25, 0.3) is 5.69 Å². The molecular weight excluding hydrogens is 384 g/mol. The molecule has 0 bridgehead atoms. The van der Waals surface area contributed by atoms with Crippen molar-refractivity contribution in [2.75, 3.05) is 5.32 Å². The monoisotopic (exact) mass is 400 g/mol. The van der Waals surface area contributed by atoms with Gasteiger partial charge in [0.1, 0.15) is 0 Å². The maximum atomic E-state index is 12.5. The van der Waals surface area contributed by atoms with Gasteiger partial charge < -0.3 is 10.4 Å². The van der Waals surface area contributed by atoms with Crippen LogP contribution in [0.15, 0.2) is 59.6 Å². The molecule has 0 aliphatic heterocycles. The van der Waals surface area contributed by atoms with Gasteiger partial charge in [-0.3, -0.25) is 4.79 Å². The van der Waals surface area contributed by atoms with Crippen molar-refractivity contribution < 1.29 is 23.1 Å². The van der Waals surface area contributed by atoms with Gasteiger partial charge >= 0.3 is 5.97 Å². The number of carbonyl (C=O) groups excluding carboxylic acids is 1. The van der Waals surface area contributed by atoms with Gasteiger partial charge in [0.15, 0.2) is 5.69 Å². The molecule has 0 fully saturated rings. The van der Waals surface area contributed by atoms with Crippen LogP contribution in [0.3, 0.4) is 0 Å². The SMILES string of the molecule is Cc1ccc(-n2ncc(NC(=O)c3cccc(S(N)(=O)=O)c3)c2C(=O)O)cc1. The molecule has 3 aromatic rings. The van der Waals surface area contributed by atoms with Gasteiger partial charge in [-0.15, -0.1) is 0 Å². The molecule has 0 unspecified atom stereocenters. The summed E-state index contributed by atoms with van der Waals surface area (Å²) in [6.45, 7) is 1.90. The molecule has 0 aliphatic rings. The summed E-state index contributed by atoms with van der Waals surface area (Å²) in [6, 6.07) is 12.1. The highest BCUT2D eigenvalue weighted by Crippen LogP contribution is 2.21. The summed E-state index contributed by atoms with van der Waals surface area (Å²) in [5, 5.41) is 21.1. The zero-order valence-corrected chi connectivity index (χ0v) is 15.5. The van der Waals surface area contributed by atoms with Crippen molar-refractivity contribution in [3.8, 4) is 5.69 Å². The molecule has 144 valence electrons. The fraction of sp³-hybridized carbons (Fsp3) is 0.0556. The Morgan fingerprint density at radius 1 is 1.14 bits per heavy atom. The van der Waals surface area contributed by atoms with Crippen LogP contribution >= 0.6 is 0 Å². The zero-order chi connectivity index (χ0) is 20.5. The molecule has 0 radical (unpaired) electrons. The first-order valence-corrected chi connectivity index (χ1v) is 9.54. The number of aromatic carboxylic acids is 1. The number of benzene rings is 2. The lowest BCUT2D eigenvalue weighted by Crippen LogP contribution is -2.17. The number of nitrogens with one attached hydrogen (secondary N) is 1. The number of hydrogen-bond acceptors (Lipinski definition) is 5. The number of aryl methyl sites for hydroxylation is 1. The Bertz CT molecular complexity index is 1170. The number of carboxylic acid groups (broad SMARTS) is 1. The number of amides is 1. The van der Waals surface area contributed by atoms with Crippen LogP contribution < -0.4 is 10.5 Å². The molecule has 10 heteroatoms. The van der Waals surface area contributed by atoms with E-state index in [9.17, 15) is 23.1 Å². The van der Waals surface area contributed by atoms with Crippen LogP contribution in [0.5, 0.6) is 0 Å². The third-order valence-corrected chi connectivity index (χ3v) is 4.83. The summed E-state index contributed by atoms with van der Waals surface area (Å²) in [5.41, 5.74) is 1.25. The van der Waals surface area contributed by atoms with E-state index in [0.29, 0.717) is 5.69 Å². The fourth-order valence-corrected chi connectivity index (χ4v) is 3.10. The molecule has 0 saturated heterocycles. The minimum Gasteiger partial charge on any atom is -0.476 e. The van der Waals surface area contributed by atoms with E-state index in [1.54, 1.807) is 24.3 Å². The van der Waals surface area contributed by atoms with Crippen molar-refractivity contribution in [2.24, 2.45) is 5.14 Å². The van der Waals surface area contributed by atoms with Gasteiger partial charge in [0.2, 0.25) is 10.0 Å². The number of sulfonamides is 1. The van der Waals surface area contributed by atoms with Crippen molar-refractivity contribution in [1.29, 1.82) is 0 Å². The van der Waals surface area contributed by atoms with Gasteiger partial charge in [0, 0.05) is 5.56 Å². The average Bonchev–Trinajstić information content (AvgIpc) is 3.05. The summed E-state index contributed by atoms with van der Waals surface area (Å²) in [5.74, 6) is -1.98. The first-order valence-electron chi connectivity index (χ1n) is 7.99. The van der Waals surface area contributed by atoms with Crippen LogP contribution in [0.4, 0.5) is 5.69 Å². The first kappa shape index (κ1) is 19.3. The standard InChI is InChI=1S/C18H16N4O5S/c1-11-5-7-13(8-6-11)22-16(18(24)25)15(10-20-22)21-17(23)12-3-2-4-14(9-12)28(19,26)27/h2-10H,1H3,(H,21,23)(H,24,25)(H2,19,26,27). The molecule has 9 nitrogen and oxygen atoms in total. The number of nitrogens with two attached hydrogens (primary N) is 1. The van der Waals surface area contributed by atoms with E-state index < -0.39 is 21.9 Å². The molecule has 0 saturated carbocycles. The smallest absolute Gasteiger partial charge is 0.356 e. The number of carbonyl (C=O) groups is 2. The molecule has 28 heavy (non-hydrogen) atoms. The number of anilines is 1. The molecule has 1 aromatic heterocycles. The average molecular weight is 400 g/mol. The van der Waals surface area contributed by atoms with Gasteiger partial charge in [-0.05, 0) is 37.3 Å². The number of aromatic nitrogens is 2. The summed E-state index contributed by atoms with van der Waals surface area (Å²) in [4.78, 5) is 24.0. The van der Waals surface area contributed by atoms with Gasteiger partial charge in [-0.25, -0.2) is 23.0 Å². The summed E-state index contributed by atoms with van der Waals surface area (Å²) < 4.78 is 24.1. The Labute approximate surface area is 160 Å². The van der Waals surface area contributed by atoms with Crippen molar-refractivity contribution in [3.63, 3.8) is 0 Å². The Morgan fingerprint density at radius 2 is 1.82 bits per heavy atom. The van der Waals surface area contributed by atoms with Crippen molar-refractivity contribution in [2.45, 2.75) is 11.8 Å². The minimum absolute atomic E-state index is 0.00551. The molecule has 2 aromatic carbocycles. The third kappa shape index (κ3) is 3.92. The molecular formula is C18H16N4O5S. The first-order chi connectivity index (χ1) is 13.2. The zero-order valence-electron chi connectivity index (χ0n) is 14.7. The number of hydrogen-bond donors (Lipinski definition) is 3. The fourth-order valence-electron chi connectivity index (χ4n) is 2.54. The van der Waals surface area contributed by atoms with E-state index in [1.165, 1.54) is 29.1 Å². The second-order valence-electron chi connectivity index (χ2n) is 5.99. The van der Waals surface area contributed by atoms with Crippen LogP contribution in [0, 0.1) is 6.92 Å². The molecule has 1 amide bonds. The molecule has 0 atom stereocenters. The van der Waals surface area contributed by atoms with Crippen LogP contribution in [0.2, 0.25) is 0 Å². The lowest BCUT2D eigenvalue weighted by atomic mass is 10.2. The Morgan fingerprint density at radius 3 is 2.43 bits per heavy atom. The lowest BCUT2D eigenvalue weighted by Gasteiger charge is -2.08. The highest BCUT2D eigenvalue weighted by atomic mass is 32.2. The topological polar surface area (TPSA) is 144 Å². The number of nitrogens with zero attached hydrogens (tertiary/aromatic N) is 2. The van der Waals surface area contributed by atoms with Gasteiger partial charge in [-0.1, -0.05) is 23.8 Å². The van der Waals surface area contributed by atoms with Gasteiger partial charge in [-0.2, -0.15) is 5.10 Å². The van der Waals surface area contributed by atoms with Gasteiger partial charge in [0.05, 0.1) is 22.5 Å². The van der Waals surface area contributed by atoms with Crippen LogP contribution in [0.1, 0.15) is 26.4 Å². The normalized spacial score (nSPS) is 11.2. The molecule has 0 aliphatic carbocycles. The number of rotatable bonds is 5. The second kappa shape index (κ2) is 7.25. The highest BCUT2D eigenvalue weighted by molar-refractivity contribution is 7.89. The van der Waals surface area contributed by atoms with Crippen molar-refractivity contribution >= 4 is 27.6 Å². The summed E-state index contributed by atoms with van der Waals surface area (Å²) in [6.07, 6.45) is 1.21. The molecule has 4 N–H and O–H groups in total. The van der Waals surface area contributed by atoms with E-state index >= 15 is 0 Å². The Balaban J connectivity index is 1.96. The summed E-state index contributed by atoms with van der Waals surface area (Å²) >= 11 is 0. The van der Waals surface area contributed by atoms with E-state index in [2.05, 4.69) is 10.4 Å². The molecule has 1 heterocycles. The van der Waals surface area contributed by atoms with E-state index in [4.69, 9.17) is 5.14 Å². The maximum absolute atomic E-state index is 12.5. The molecule has 3 rings (SSSR count). The van der Waals surface area contributed by atoms with Crippen LogP contribution in [-0.4, -0.2) is 35.2 Å². The largest absolute Gasteiger partial charge is 0.476 e. The van der Waals surface area contributed by atoms with E-state index in [0.717, 1.165) is 11.6 Å². The lowest BCUT2D eigenvalue weighted by molar-refractivity contribution is 0.0688. The van der Waals surface area contributed by atoms with E-state index in [-0.39, 0.29) is 21.8 Å². The minimum atomic E-state index is -3.98. The second-order valence-corrected chi connectivity index (χ2v) is 7.55. The van der Waals surface area contributed by atoms with E-state index in [1.807, 2.05) is 6.92 Å². The maximum Gasteiger partial charge on any atom is 0.356 e. The van der Waals surface area contributed by atoms with Crippen molar-refractivity contribution in [1.82, 2.24) is 9.78 Å². The number of primary sulfonamides is 1. The highest BCUT2D eigenvalue weighted by Gasteiger charge is 2.21. The van der Waals surface area contributed by atoms with Gasteiger partial charge in [0.25, 0.3) is 5.91 Å². The predicted octanol–water partition coefficient (Wildman–Crippen LogP) is 1.78. The van der Waals surface area contributed by atoms with Crippen LogP contribution in [-0.2, 0) is 10.0 Å². The third-order valence-electron chi connectivity index (χ3n) is 3.92.